The summed E-state index contributed by atoms with van der Waals surface area (Å²) in [7, 11) is 0. The minimum Gasteiger partial charge on any atom is -0.322 e. The van der Waals surface area contributed by atoms with Gasteiger partial charge in [-0.05, 0) is 37.1 Å². The number of aromatic nitrogens is 2. The van der Waals surface area contributed by atoms with E-state index in [1.165, 1.54) is 0 Å². The molecule has 0 radical (unpaired) electrons. The highest BCUT2D eigenvalue weighted by atomic mass is 35.5. The first-order valence-electron chi connectivity index (χ1n) is 5.56. The van der Waals surface area contributed by atoms with Crippen molar-refractivity contribution in [3.8, 4) is 0 Å². The van der Waals surface area contributed by atoms with Crippen molar-refractivity contribution in [2.75, 3.05) is 0 Å². The number of aryl methyl sites for hydroxylation is 1. The van der Waals surface area contributed by atoms with Gasteiger partial charge in [0.05, 0.1) is 11.7 Å². The molecule has 1 aromatic heterocycles. The zero-order valence-electron chi connectivity index (χ0n) is 9.90. The van der Waals surface area contributed by atoms with Crippen molar-refractivity contribution in [3.05, 3.63) is 57.6 Å². The summed E-state index contributed by atoms with van der Waals surface area (Å²) >= 11 is 12.2. The number of halogens is 2. The molecule has 5 heteroatoms. The molecule has 0 amide bonds. The number of nitrogens with two attached hydrogens (primary N) is 1. The van der Waals surface area contributed by atoms with Crippen molar-refractivity contribution in [1.82, 2.24) is 9.97 Å². The lowest BCUT2D eigenvalue weighted by molar-refractivity contribution is 0.688. The highest BCUT2D eigenvalue weighted by Gasteiger charge is 2.13. The third-order valence-electron chi connectivity index (χ3n) is 2.66. The zero-order valence-corrected chi connectivity index (χ0v) is 11.4. The van der Waals surface area contributed by atoms with E-state index in [4.69, 9.17) is 28.9 Å². The molecule has 1 unspecified atom stereocenters. The Morgan fingerprint density at radius 2 is 1.89 bits per heavy atom. The van der Waals surface area contributed by atoms with Gasteiger partial charge in [-0.3, -0.25) is 0 Å². The van der Waals surface area contributed by atoms with Gasteiger partial charge in [0.2, 0.25) is 0 Å². The Balaban J connectivity index is 2.24. The van der Waals surface area contributed by atoms with Gasteiger partial charge in [0, 0.05) is 16.2 Å². The maximum Gasteiger partial charge on any atom is 0.125 e. The van der Waals surface area contributed by atoms with E-state index in [0.717, 1.165) is 11.3 Å². The van der Waals surface area contributed by atoms with E-state index in [1.54, 1.807) is 18.3 Å². The average molecular weight is 282 g/mol. The fourth-order valence-electron chi connectivity index (χ4n) is 1.73. The minimum absolute atomic E-state index is 0.246. The molecule has 18 heavy (non-hydrogen) atoms. The third kappa shape index (κ3) is 2.99. The summed E-state index contributed by atoms with van der Waals surface area (Å²) in [6.07, 6.45) is 2.25. The smallest absolute Gasteiger partial charge is 0.125 e. The summed E-state index contributed by atoms with van der Waals surface area (Å²) in [4.78, 5) is 8.35. The van der Waals surface area contributed by atoms with Gasteiger partial charge in [-0.1, -0.05) is 29.3 Å². The van der Waals surface area contributed by atoms with Gasteiger partial charge < -0.3 is 5.73 Å². The summed E-state index contributed by atoms with van der Waals surface area (Å²) in [6, 6.07) is 6.99. The van der Waals surface area contributed by atoms with Crippen molar-refractivity contribution in [3.63, 3.8) is 0 Å². The largest absolute Gasteiger partial charge is 0.322 e. The normalized spacial score (nSPS) is 12.4. The molecule has 1 aromatic carbocycles. The summed E-state index contributed by atoms with van der Waals surface area (Å²) in [5, 5.41) is 1.26. The van der Waals surface area contributed by atoms with Crippen LogP contribution in [0.4, 0.5) is 0 Å². The van der Waals surface area contributed by atoms with E-state index < -0.39 is 0 Å². The van der Waals surface area contributed by atoms with Gasteiger partial charge >= 0.3 is 0 Å². The first-order valence-corrected chi connectivity index (χ1v) is 6.31. The predicted molar refractivity (Wildman–Crippen MR) is 73.9 cm³/mol. The number of hydrogen-bond donors (Lipinski definition) is 1. The summed E-state index contributed by atoms with van der Waals surface area (Å²) < 4.78 is 0. The van der Waals surface area contributed by atoms with Gasteiger partial charge in [-0.25, -0.2) is 9.97 Å². The standard InChI is InChI=1S/C13H13Cl2N3/c1-8-17-6-5-13(18-8)12(16)7-9-10(14)3-2-4-11(9)15/h2-6,12H,7,16H2,1H3. The SMILES string of the molecule is Cc1nccc(C(N)Cc2c(Cl)cccc2Cl)n1. The molecule has 0 fully saturated rings. The third-order valence-corrected chi connectivity index (χ3v) is 3.37. The van der Waals surface area contributed by atoms with Gasteiger partial charge in [-0.2, -0.15) is 0 Å². The summed E-state index contributed by atoms with van der Waals surface area (Å²) in [5.74, 6) is 0.702. The topological polar surface area (TPSA) is 51.8 Å². The zero-order chi connectivity index (χ0) is 13.1. The van der Waals surface area contributed by atoms with Crippen molar-refractivity contribution in [1.29, 1.82) is 0 Å². The van der Waals surface area contributed by atoms with Crippen molar-refractivity contribution < 1.29 is 0 Å². The molecule has 0 aliphatic carbocycles. The second-order valence-electron chi connectivity index (χ2n) is 4.04. The van der Waals surface area contributed by atoms with Crippen molar-refractivity contribution >= 4 is 23.2 Å². The fourth-order valence-corrected chi connectivity index (χ4v) is 2.28. The van der Waals surface area contributed by atoms with Crippen LogP contribution in [-0.2, 0) is 6.42 Å². The average Bonchev–Trinajstić information content (AvgIpc) is 2.34. The Morgan fingerprint density at radius 3 is 2.50 bits per heavy atom. The van der Waals surface area contributed by atoms with Crippen molar-refractivity contribution in [2.24, 2.45) is 5.73 Å². The Morgan fingerprint density at radius 1 is 1.22 bits per heavy atom. The predicted octanol–water partition coefficient (Wildman–Crippen LogP) is 3.33. The van der Waals surface area contributed by atoms with Crippen LogP contribution >= 0.6 is 23.2 Å². The molecule has 1 atom stereocenters. The first-order chi connectivity index (χ1) is 8.58. The molecule has 1 heterocycles. The Labute approximate surface area is 116 Å². The van der Waals surface area contributed by atoms with Gasteiger partial charge in [0.15, 0.2) is 0 Å². The van der Waals surface area contributed by atoms with Crippen LogP contribution in [0.25, 0.3) is 0 Å². The van der Waals surface area contributed by atoms with E-state index in [9.17, 15) is 0 Å². The van der Waals surface area contributed by atoms with Gasteiger partial charge in [0.25, 0.3) is 0 Å². The summed E-state index contributed by atoms with van der Waals surface area (Å²) in [6.45, 7) is 1.83. The lowest BCUT2D eigenvalue weighted by atomic mass is 10.0. The monoisotopic (exact) mass is 281 g/mol. The van der Waals surface area contributed by atoms with Crippen LogP contribution < -0.4 is 5.73 Å². The lowest BCUT2D eigenvalue weighted by Gasteiger charge is -2.13. The molecular weight excluding hydrogens is 269 g/mol. The number of nitrogens with zero attached hydrogens (tertiary/aromatic N) is 2. The number of benzene rings is 1. The second-order valence-corrected chi connectivity index (χ2v) is 4.85. The van der Waals surface area contributed by atoms with Gasteiger partial charge in [-0.15, -0.1) is 0 Å². The fraction of sp³-hybridized carbons (Fsp3) is 0.231. The molecule has 0 bridgehead atoms. The van der Waals surface area contributed by atoms with E-state index in [-0.39, 0.29) is 6.04 Å². The van der Waals surface area contributed by atoms with E-state index in [1.807, 2.05) is 19.1 Å². The summed E-state index contributed by atoms with van der Waals surface area (Å²) in [5.41, 5.74) is 7.77. The lowest BCUT2D eigenvalue weighted by Crippen LogP contribution is -2.16. The highest BCUT2D eigenvalue weighted by molar-refractivity contribution is 6.36. The molecule has 94 valence electrons. The number of rotatable bonds is 3. The molecule has 3 nitrogen and oxygen atoms in total. The van der Waals surface area contributed by atoms with E-state index >= 15 is 0 Å². The van der Waals surface area contributed by atoms with Crippen LogP contribution in [0, 0.1) is 6.92 Å². The maximum absolute atomic E-state index is 6.13. The molecule has 0 spiro atoms. The molecule has 2 N–H and O–H groups in total. The molecule has 0 aliphatic heterocycles. The minimum atomic E-state index is -0.246. The number of hydrogen-bond acceptors (Lipinski definition) is 3. The second kappa shape index (κ2) is 5.65. The molecule has 0 saturated heterocycles. The van der Waals surface area contributed by atoms with Crippen molar-refractivity contribution in [2.45, 2.75) is 19.4 Å². The Kier molecular flexibility index (Phi) is 4.17. The van der Waals surface area contributed by atoms with E-state index in [0.29, 0.717) is 22.3 Å². The molecule has 0 aliphatic rings. The molecule has 2 aromatic rings. The first kappa shape index (κ1) is 13.3. The van der Waals surface area contributed by atoms with Crippen LogP contribution in [0.2, 0.25) is 10.0 Å². The van der Waals surface area contributed by atoms with Crippen LogP contribution in [-0.4, -0.2) is 9.97 Å². The highest BCUT2D eigenvalue weighted by Crippen LogP contribution is 2.27. The Bertz CT molecular complexity index is 537. The molecular formula is C13H13Cl2N3. The quantitative estimate of drug-likeness (QED) is 0.939. The Hall–Kier alpha value is -1.16. The van der Waals surface area contributed by atoms with Crippen LogP contribution in [0.3, 0.4) is 0 Å². The van der Waals surface area contributed by atoms with Gasteiger partial charge in [0.1, 0.15) is 5.82 Å². The van der Waals surface area contributed by atoms with Crippen LogP contribution in [0.1, 0.15) is 23.1 Å². The van der Waals surface area contributed by atoms with E-state index in [2.05, 4.69) is 9.97 Å². The van der Waals surface area contributed by atoms with Crippen LogP contribution in [0.5, 0.6) is 0 Å². The van der Waals surface area contributed by atoms with Crippen LogP contribution in [0.15, 0.2) is 30.5 Å². The molecule has 2 rings (SSSR count). The molecule has 0 saturated carbocycles. The maximum atomic E-state index is 6.13.